The lowest BCUT2D eigenvalue weighted by Crippen LogP contribution is -2.07. The predicted molar refractivity (Wildman–Crippen MR) is 155 cm³/mol. The van der Waals surface area contributed by atoms with Crippen molar-refractivity contribution in [1.82, 2.24) is 4.98 Å². The molecular weight excluding hydrogens is 567 g/mol. The number of carboxylic acids is 1. The van der Waals surface area contributed by atoms with E-state index in [9.17, 15) is 18.0 Å². The summed E-state index contributed by atoms with van der Waals surface area (Å²) in [7, 11) is 0. The number of carbonyl (C=O) groups is 1. The molecule has 9 heteroatoms. The number of aliphatic carboxylic acids is 1. The van der Waals surface area contributed by atoms with Gasteiger partial charge in [0.2, 0.25) is 0 Å². The molecule has 0 radical (unpaired) electrons. The minimum Gasteiger partial charge on any atom is -0.489 e. The van der Waals surface area contributed by atoms with Crippen LogP contribution in [0, 0.1) is 0 Å². The summed E-state index contributed by atoms with van der Waals surface area (Å²) in [6.07, 6.45) is -2.60. The van der Waals surface area contributed by atoms with Gasteiger partial charge in [0.15, 0.2) is 0 Å². The Labute approximate surface area is 245 Å². The first-order valence-electron chi connectivity index (χ1n) is 13.0. The first-order chi connectivity index (χ1) is 20.2. The van der Waals surface area contributed by atoms with Crippen molar-refractivity contribution in [2.75, 3.05) is 6.61 Å². The van der Waals surface area contributed by atoms with Crippen LogP contribution in [0.3, 0.4) is 0 Å². The number of carboxylic acid groups (broad SMARTS) is 1. The summed E-state index contributed by atoms with van der Waals surface area (Å²) >= 11 is 6.05. The van der Waals surface area contributed by atoms with E-state index in [0.717, 1.165) is 28.3 Å². The van der Waals surface area contributed by atoms with Crippen LogP contribution in [-0.4, -0.2) is 22.7 Å². The standard InChI is InChI=1S/C33H25ClF3NO4/c34-26-13-11-21(12-14-26)15-25-17-38-32-28(5-2-6-29(32)33(35,36)37)31(25)24-3-1-4-27(16-24)42-19-23-9-7-22(8-10-23)18-41-20-30(39)40/h1-14,16-17H,15,18-20H2,(H,39,40). The number of ether oxygens (including phenoxy) is 2. The highest BCUT2D eigenvalue weighted by atomic mass is 35.5. The van der Waals surface area contributed by atoms with Crippen LogP contribution >= 0.6 is 11.6 Å². The molecule has 5 aromatic rings. The second-order valence-corrected chi connectivity index (χ2v) is 10.1. The van der Waals surface area contributed by atoms with E-state index in [1.165, 1.54) is 12.3 Å². The Morgan fingerprint density at radius 3 is 2.21 bits per heavy atom. The highest BCUT2D eigenvalue weighted by molar-refractivity contribution is 6.30. The highest BCUT2D eigenvalue weighted by Crippen LogP contribution is 2.39. The molecule has 4 aromatic carbocycles. The van der Waals surface area contributed by atoms with Gasteiger partial charge in [-0.2, -0.15) is 13.2 Å². The first kappa shape index (κ1) is 29.1. The molecule has 0 fully saturated rings. The molecule has 1 aromatic heterocycles. The molecule has 1 heterocycles. The van der Waals surface area contributed by atoms with Crippen LogP contribution < -0.4 is 4.74 Å². The van der Waals surface area contributed by atoms with Gasteiger partial charge in [0, 0.05) is 16.6 Å². The summed E-state index contributed by atoms with van der Waals surface area (Å²) in [4.78, 5) is 14.9. The lowest BCUT2D eigenvalue weighted by atomic mass is 9.92. The number of rotatable bonds is 10. The second kappa shape index (κ2) is 12.6. The Balaban J connectivity index is 1.45. The topological polar surface area (TPSA) is 68.7 Å². The van der Waals surface area contributed by atoms with Gasteiger partial charge in [-0.25, -0.2) is 4.79 Å². The summed E-state index contributed by atoms with van der Waals surface area (Å²) in [6.45, 7) is 0.0728. The summed E-state index contributed by atoms with van der Waals surface area (Å²) in [5, 5.41) is 9.69. The number of aromatic nitrogens is 1. The summed E-state index contributed by atoms with van der Waals surface area (Å²) in [6, 6.07) is 26.1. The van der Waals surface area contributed by atoms with Gasteiger partial charge in [0.25, 0.3) is 0 Å². The molecule has 0 aliphatic carbocycles. The van der Waals surface area contributed by atoms with Crippen LogP contribution in [0.5, 0.6) is 5.75 Å². The van der Waals surface area contributed by atoms with Gasteiger partial charge in [-0.15, -0.1) is 0 Å². The third-order valence-corrected chi connectivity index (χ3v) is 6.89. The van der Waals surface area contributed by atoms with Crippen LogP contribution in [0.15, 0.2) is 97.2 Å². The Morgan fingerprint density at radius 1 is 0.857 bits per heavy atom. The highest BCUT2D eigenvalue weighted by Gasteiger charge is 2.33. The maximum absolute atomic E-state index is 13.9. The molecule has 1 N–H and O–H groups in total. The zero-order chi connectivity index (χ0) is 29.7. The summed E-state index contributed by atoms with van der Waals surface area (Å²) < 4.78 is 52.8. The van der Waals surface area contributed by atoms with E-state index >= 15 is 0 Å². The van der Waals surface area contributed by atoms with Crippen LogP contribution in [0.25, 0.3) is 22.0 Å². The van der Waals surface area contributed by atoms with Crippen molar-refractivity contribution in [1.29, 1.82) is 0 Å². The number of hydrogen-bond acceptors (Lipinski definition) is 4. The molecule has 214 valence electrons. The summed E-state index contributed by atoms with van der Waals surface area (Å²) in [5.74, 6) is -0.476. The van der Waals surface area contributed by atoms with Gasteiger partial charge in [-0.05, 0) is 70.1 Å². The largest absolute Gasteiger partial charge is 0.489 e. The van der Waals surface area contributed by atoms with E-state index < -0.39 is 17.7 Å². The molecule has 0 saturated heterocycles. The van der Waals surface area contributed by atoms with Crippen LogP contribution in [0.4, 0.5) is 13.2 Å². The van der Waals surface area contributed by atoms with Gasteiger partial charge in [0.05, 0.1) is 17.7 Å². The van der Waals surface area contributed by atoms with Gasteiger partial charge < -0.3 is 14.6 Å². The van der Waals surface area contributed by atoms with Crippen molar-refractivity contribution >= 4 is 28.5 Å². The zero-order valence-electron chi connectivity index (χ0n) is 22.2. The maximum atomic E-state index is 13.9. The summed E-state index contributed by atoms with van der Waals surface area (Å²) in [5.41, 5.74) is 3.88. The quantitative estimate of drug-likeness (QED) is 0.177. The molecule has 0 unspecified atom stereocenters. The monoisotopic (exact) mass is 591 g/mol. The number of benzene rings is 4. The van der Waals surface area contributed by atoms with Crippen molar-refractivity contribution in [3.63, 3.8) is 0 Å². The lowest BCUT2D eigenvalue weighted by molar-refractivity contribution is -0.142. The van der Waals surface area contributed by atoms with Gasteiger partial charge in [-0.3, -0.25) is 4.98 Å². The molecular formula is C33H25ClF3NO4. The number of nitrogens with zero attached hydrogens (tertiary/aromatic N) is 1. The van der Waals surface area contributed by atoms with Gasteiger partial charge in [0.1, 0.15) is 19.0 Å². The number of alkyl halides is 3. The molecule has 0 amide bonds. The maximum Gasteiger partial charge on any atom is 0.418 e. The number of halogens is 4. The van der Waals surface area contributed by atoms with Crippen LogP contribution in [0.1, 0.15) is 27.8 Å². The average molecular weight is 592 g/mol. The fourth-order valence-electron chi connectivity index (χ4n) is 4.69. The fraction of sp³-hybridized carbons (Fsp3) is 0.152. The van der Waals surface area contributed by atoms with E-state index in [1.54, 1.807) is 30.3 Å². The van der Waals surface area contributed by atoms with Crippen LogP contribution in [0.2, 0.25) is 5.02 Å². The van der Waals surface area contributed by atoms with Gasteiger partial charge >= 0.3 is 12.1 Å². The molecule has 0 aliphatic heterocycles. The SMILES string of the molecule is O=C(O)COCc1ccc(COc2cccc(-c3c(Cc4ccc(Cl)cc4)cnc4c(C(F)(F)F)cccc34)c2)cc1. The minimum absolute atomic E-state index is 0.112. The molecule has 0 aliphatic rings. The first-order valence-corrected chi connectivity index (χ1v) is 13.4. The average Bonchev–Trinajstić information content (AvgIpc) is 2.97. The second-order valence-electron chi connectivity index (χ2n) is 9.68. The lowest BCUT2D eigenvalue weighted by Gasteiger charge is -2.17. The number of pyridine rings is 1. The van der Waals surface area contributed by atoms with Crippen LogP contribution in [-0.2, 0) is 35.3 Å². The molecule has 5 nitrogen and oxygen atoms in total. The number of hydrogen-bond donors (Lipinski definition) is 1. The Hall–Kier alpha value is -4.40. The van der Waals surface area contributed by atoms with E-state index in [-0.39, 0.29) is 25.3 Å². The van der Waals surface area contributed by atoms with Crippen molar-refractivity contribution in [2.24, 2.45) is 0 Å². The van der Waals surface area contributed by atoms with E-state index in [2.05, 4.69) is 4.98 Å². The predicted octanol–water partition coefficient (Wildman–Crippen LogP) is 8.35. The third-order valence-electron chi connectivity index (χ3n) is 6.63. The van der Waals surface area contributed by atoms with E-state index in [4.69, 9.17) is 26.2 Å². The van der Waals surface area contributed by atoms with Crippen molar-refractivity contribution in [3.8, 4) is 16.9 Å². The molecule has 0 spiro atoms. The van der Waals surface area contributed by atoms with E-state index in [0.29, 0.717) is 33.7 Å². The zero-order valence-corrected chi connectivity index (χ0v) is 23.0. The minimum atomic E-state index is -4.55. The third kappa shape index (κ3) is 7.08. The van der Waals surface area contributed by atoms with E-state index in [1.807, 2.05) is 48.5 Å². The molecule has 0 atom stereocenters. The van der Waals surface area contributed by atoms with Crippen molar-refractivity contribution in [2.45, 2.75) is 25.8 Å². The van der Waals surface area contributed by atoms with Crippen molar-refractivity contribution in [3.05, 3.63) is 130 Å². The van der Waals surface area contributed by atoms with Gasteiger partial charge in [-0.1, -0.05) is 72.3 Å². The molecule has 42 heavy (non-hydrogen) atoms. The molecule has 0 bridgehead atoms. The fourth-order valence-corrected chi connectivity index (χ4v) is 4.81. The Kier molecular flexibility index (Phi) is 8.75. The normalized spacial score (nSPS) is 11.5. The molecule has 5 rings (SSSR count). The number of fused-ring (bicyclic) bond motifs is 1. The van der Waals surface area contributed by atoms with Crippen molar-refractivity contribution < 1.29 is 32.5 Å². The number of para-hydroxylation sites is 1. The smallest absolute Gasteiger partial charge is 0.418 e. The Bertz CT molecular complexity index is 1700. The Morgan fingerprint density at radius 2 is 1.52 bits per heavy atom. The molecule has 0 saturated carbocycles.